The predicted octanol–water partition coefficient (Wildman–Crippen LogP) is 3.93. The Balaban J connectivity index is 2.06. The van der Waals surface area contributed by atoms with Gasteiger partial charge in [0.05, 0.1) is 6.61 Å². The number of hydrogen-bond acceptors (Lipinski definition) is 3. The second-order valence-electron chi connectivity index (χ2n) is 4.96. The van der Waals surface area contributed by atoms with Crippen LogP contribution >= 0.6 is 0 Å². The number of amides is 1. The number of rotatable bonds is 6. The Morgan fingerprint density at radius 1 is 1.05 bits per heavy atom. The summed E-state index contributed by atoms with van der Waals surface area (Å²) < 4.78 is 5.52. The maximum Gasteiger partial charge on any atom is 0.255 e. The zero-order valence-electron chi connectivity index (χ0n) is 12.8. The number of Topliss-reactive ketones (excluding diaryl/α,β-unsaturated/α-hetero) is 1. The molecule has 0 aliphatic rings. The van der Waals surface area contributed by atoms with Crippen LogP contribution in [0.25, 0.3) is 0 Å². The van der Waals surface area contributed by atoms with Gasteiger partial charge in [-0.1, -0.05) is 13.0 Å². The number of benzene rings is 2. The number of ether oxygens (including phenoxy) is 1. The first kappa shape index (κ1) is 15.8. The van der Waals surface area contributed by atoms with Gasteiger partial charge in [-0.3, -0.25) is 9.59 Å². The van der Waals surface area contributed by atoms with Gasteiger partial charge in [-0.15, -0.1) is 0 Å². The van der Waals surface area contributed by atoms with Crippen LogP contribution in [0.15, 0.2) is 48.5 Å². The summed E-state index contributed by atoms with van der Waals surface area (Å²) in [6.07, 6.45) is 0.916. The van der Waals surface area contributed by atoms with Gasteiger partial charge in [0, 0.05) is 16.8 Å². The molecule has 114 valence electrons. The van der Waals surface area contributed by atoms with E-state index in [0.717, 1.165) is 6.42 Å². The molecule has 0 spiro atoms. The minimum absolute atomic E-state index is 0.00125. The van der Waals surface area contributed by atoms with Crippen molar-refractivity contribution in [3.63, 3.8) is 0 Å². The highest BCUT2D eigenvalue weighted by molar-refractivity contribution is 6.04. The van der Waals surface area contributed by atoms with Gasteiger partial charge in [0.25, 0.3) is 5.91 Å². The Hall–Kier alpha value is -2.62. The van der Waals surface area contributed by atoms with Crippen molar-refractivity contribution < 1.29 is 14.3 Å². The molecule has 0 heterocycles. The van der Waals surface area contributed by atoms with E-state index in [9.17, 15) is 9.59 Å². The molecule has 0 aromatic heterocycles. The lowest BCUT2D eigenvalue weighted by molar-refractivity contribution is 0.101. The van der Waals surface area contributed by atoms with E-state index in [-0.39, 0.29) is 11.7 Å². The molecule has 1 amide bonds. The molecule has 0 radical (unpaired) electrons. The van der Waals surface area contributed by atoms with Crippen LogP contribution in [0.5, 0.6) is 5.75 Å². The molecular weight excluding hydrogens is 278 g/mol. The highest BCUT2D eigenvalue weighted by atomic mass is 16.5. The molecule has 0 aliphatic carbocycles. The molecule has 0 bridgehead atoms. The highest BCUT2D eigenvalue weighted by Gasteiger charge is 2.08. The summed E-state index contributed by atoms with van der Waals surface area (Å²) >= 11 is 0. The quantitative estimate of drug-likeness (QED) is 0.822. The smallest absolute Gasteiger partial charge is 0.255 e. The Bertz CT molecular complexity index is 662. The number of nitrogens with one attached hydrogen (secondary N) is 1. The van der Waals surface area contributed by atoms with E-state index in [0.29, 0.717) is 29.2 Å². The van der Waals surface area contributed by atoms with Crippen LogP contribution in [0.4, 0.5) is 5.69 Å². The molecule has 2 aromatic carbocycles. The Labute approximate surface area is 130 Å². The van der Waals surface area contributed by atoms with Crippen LogP contribution in [-0.4, -0.2) is 18.3 Å². The summed E-state index contributed by atoms with van der Waals surface area (Å²) in [4.78, 5) is 23.4. The lowest BCUT2D eigenvalue weighted by atomic mass is 10.1. The van der Waals surface area contributed by atoms with Crippen LogP contribution < -0.4 is 10.1 Å². The van der Waals surface area contributed by atoms with Gasteiger partial charge in [0.2, 0.25) is 0 Å². The zero-order chi connectivity index (χ0) is 15.9. The fourth-order valence-corrected chi connectivity index (χ4v) is 1.94. The van der Waals surface area contributed by atoms with E-state index >= 15 is 0 Å². The van der Waals surface area contributed by atoms with Gasteiger partial charge >= 0.3 is 0 Å². The molecule has 4 heteroatoms. The molecule has 0 aliphatic heterocycles. The lowest BCUT2D eigenvalue weighted by Crippen LogP contribution is -2.12. The van der Waals surface area contributed by atoms with Gasteiger partial charge in [-0.05, 0) is 55.8 Å². The summed E-state index contributed by atoms with van der Waals surface area (Å²) in [5.41, 5.74) is 1.80. The second-order valence-corrected chi connectivity index (χ2v) is 4.96. The van der Waals surface area contributed by atoms with Gasteiger partial charge in [-0.2, -0.15) is 0 Å². The van der Waals surface area contributed by atoms with Crippen LogP contribution in [0.2, 0.25) is 0 Å². The van der Waals surface area contributed by atoms with E-state index in [1.54, 1.807) is 42.5 Å². The minimum Gasteiger partial charge on any atom is -0.494 e. The van der Waals surface area contributed by atoms with E-state index in [4.69, 9.17) is 4.74 Å². The molecule has 4 nitrogen and oxygen atoms in total. The monoisotopic (exact) mass is 297 g/mol. The summed E-state index contributed by atoms with van der Waals surface area (Å²) in [6, 6.07) is 13.9. The SMILES string of the molecule is CCCOc1cccc(C(=O)Nc2ccc(C(C)=O)cc2)c1. The van der Waals surface area contributed by atoms with Crippen molar-refractivity contribution in [3.05, 3.63) is 59.7 Å². The first-order chi connectivity index (χ1) is 10.6. The molecule has 2 aromatic rings. The average molecular weight is 297 g/mol. The van der Waals surface area contributed by atoms with Gasteiger partial charge in [0.15, 0.2) is 5.78 Å². The molecule has 2 rings (SSSR count). The predicted molar refractivity (Wildman–Crippen MR) is 86.6 cm³/mol. The molecule has 1 N–H and O–H groups in total. The number of carbonyl (C=O) groups excluding carboxylic acids is 2. The van der Waals surface area contributed by atoms with Gasteiger partial charge < -0.3 is 10.1 Å². The standard InChI is InChI=1S/C18H19NO3/c1-3-11-22-17-6-4-5-15(12-17)18(21)19-16-9-7-14(8-10-16)13(2)20/h4-10,12H,3,11H2,1-2H3,(H,19,21). The first-order valence-electron chi connectivity index (χ1n) is 7.25. The molecular formula is C18H19NO3. The summed E-state index contributed by atoms with van der Waals surface area (Å²) in [7, 11) is 0. The van der Waals surface area contributed by atoms with Crippen LogP contribution in [0, 0.1) is 0 Å². The molecule has 0 saturated heterocycles. The summed E-state index contributed by atoms with van der Waals surface area (Å²) in [6.45, 7) is 4.16. The van der Waals surface area contributed by atoms with Crippen molar-refractivity contribution in [2.45, 2.75) is 20.3 Å². The number of ketones is 1. The Kier molecular flexibility index (Phi) is 5.31. The van der Waals surface area contributed by atoms with Crippen LogP contribution in [-0.2, 0) is 0 Å². The summed E-state index contributed by atoms with van der Waals surface area (Å²) in [5, 5.41) is 2.80. The molecule has 22 heavy (non-hydrogen) atoms. The molecule has 0 fully saturated rings. The third-order valence-corrected chi connectivity index (χ3v) is 3.12. The van der Waals surface area contributed by atoms with Crippen LogP contribution in [0.3, 0.4) is 0 Å². The number of anilines is 1. The maximum absolute atomic E-state index is 12.2. The van der Waals surface area contributed by atoms with Gasteiger partial charge in [0.1, 0.15) is 5.75 Å². The average Bonchev–Trinajstić information content (AvgIpc) is 2.53. The highest BCUT2D eigenvalue weighted by Crippen LogP contribution is 2.16. The van der Waals surface area contributed by atoms with Gasteiger partial charge in [-0.25, -0.2) is 0 Å². The molecule has 0 atom stereocenters. The van der Waals surface area contributed by atoms with Crippen molar-refractivity contribution in [3.8, 4) is 5.75 Å². The third kappa shape index (κ3) is 4.19. The van der Waals surface area contributed by atoms with Crippen molar-refractivity contribution in [1.82, 2.24) is 0 Å². The first-order valence-corrected chi connectivity index (χ1v) is 7.25. The lowest BCUT2D eigenvalue weighted by Gasteiger charge is -2.08. The zero-order valence-corrected chi connectivity index (χ0v) is 12.8. The van der Waals surface area contributed by atoms with E-state index < -0.39 is 0 Å². The Morgan fingerprint density at radius 3 is 2.41 bits per heavy atom. The maximum atomic E-state index is 12.2. The van der Waals surface area contributed by atoms with E-state index in [1.807, 2.05) is 13.0 Å². The largest absolute Gasteiger partial charge is 0.494 e. The van der Waals surface area contributed by atoms with Crippen molar-refractivity contribution in [2.24, 2.45) is 0 Å². The second kappa shape index (κ2) is 7.41. The van der Waals surface area contributed by atoms with Crippen LogP contribution in [0.1, 0.15) is 41.0 Å². The van der Waals surface area contributed by atoms with Crippen molar-refractivity contribution in [2.75, 3.05) is 11.9 Å². The molecule has 0 unspecified atom stereocenters. The number of carbonyl (C=O) groups is 2. The molecule has 0 saturated carbocycles. The van der Waals surface area contributed by atoms with Crippen molar-refractivity contribution in [1.29, 1.82) is 0 Å². The minimum atomic E-state index is -0.211. The fourth-order valence-electron chi connectivity index (χ4n) is 1.94. The van der Waals surface area contributed by atoms with Crippen molar-refractivity contribution >= 4 is 17.4 Å². The third-order valence-electron chi connectivity index (χ3n) is 3.12. The van der Waals surface area contributed by atoms with E-state index in [1.165, 1.54) is 6.92 Å². The Morgan fingerprint density at radius 2 is 1.77 bits per heavy atom. The fraction of sp³-hybridized carbons (Fsp3) is 0.222. The number of hydrogen-bond donors (Lipinski definition) is 1. The topological polar surface area (TPSA) is 55.4 Å². The van der Waals surface area contributed by atoms with E-state index in [2.05, 4.69) is 5.32 Å². The normalized spacial score (nSPS) is 10.1. The summed E-state index contributed by atoms with van der Waals surface area (Å²) in [5.74, 6) is 0.470.